The molecule has 6 heteroatoms. The summed E-state index contributed by atoms with van der Waals surface area (Å²) in [4.78, 5) is 29.0. The van der Waals surface area contributed by atoms with E-state index >= 15 is 0 Å². The second-order valence-corrected chi connectivity index (χ2v) is 6.49. The van der Waals surface area contributed by atoms with E-state index in [0.29, 0.717) is 30.6 Å². The summed E-state index contributed by atoms with van der Waals surface area (Å²) in [6.07, 6.45) is 4.30. The average Bonchev–Trinajstić information content (AvgIpc) is 2.77. The molecule has 0 fully saturated rings. The van der Waals surface area contributed by atoms with Gasteiger partial charge in [-0.25, -0.2) is 0 Å². The molecular formula is C23H23N3O3. The molecule has 2 aromatic carbocycles. The lowest BCUT2D eigenvalue weighted by atomic mass is 10.1. The van der Waals surface area contributed by atoms with Gasteiger partial charge in [-0.3, -0.25) is 14.6 Å². The summed E-state index contributed by atoms with van der Waals surface area (Å²) < 4.78 is 5.14. The number of carbonyl (C=O) groups is 2. The second kappa shape index (κ2) is 10.0. The number of hydrogen-bond acceptors (Lipinski definition) is 4. The molecule has 0 saturated heterocycles. The number of pyridine rings is 1. The van der Waals surface area contributed by atoms with Crippen LogP contribution in [0.15, 0.2) is 73.1 Å². The minimum absolute atomic E-state index is 0.145. The number of amides is 2. The van der Waals surface area contributed by atoms with E-state index in [2.05, 4.69) is 15.6 Å². The number of nitrogens with one attached hydrogen (secondary N) is 2. The maximum atomic E-state index is 12.6. The first-order valence-corrected chi connectivity index (χ1v) is 9.34. The lowest BCUT2D eigenvalue weighted by Gasteiger charge is -2.11. The summed E-state index contributed by atoms with van der Waals surface area (Å²) in [5, 5.41) is 5.70. The van der Waals surface area contributed by atoms with Gasteiger partial charge < -0.3 is 15.4 Å². The normalized spacial score (nSPS) is 10.2. The summed E-state index contributed by atoms with van der Waals surface area (Å²) in [5.74, 6) is 0.387. The van der Waals surface area contributed by atoms with Crippen molar-refractivity contribution in [3.05, 3.63) is 89.7 Å². The van der Waals surface area contributed by atoms with Gasteiger partial charge in [-0.05, 0) is 47.9 Å². The first kappa shape index (κ1) is 20.1. The summed E-state index contributed by atoms with van der Waals surface area (Å²) in [6, 6.07) is 18.3. The molecule has 148 valence electrons. The highest BCUT2D eigenvalue weighted by molar-refractivity contribution is 6.03. The van der Waals surface area contributed by atoms with Gasteiger partial charge in [0.25, 0.3) is 5.91 Å². The van der Waals surface area contributed by atoms with E-state index in [1.807, 2.05) is 36.4 Å². The largest absolute Gasteiger partial charge is 0.497 e. The van der Waals surface area contributed by atoms with Crippen LogP contribution in [0.2, 0.25) is 0 Å². The van der Waals surface area contributed by atoms with Crippen molar-refractivity contribution < 1.29 is 14.3 Å². The molecule has 2 N–H and O–H groups in total. The van der Waals surface area contributed by atoms with E-state index in [0.717, 1.165) is 16.9 Å². The highest BCUT2D eigenvalue weighted by Crippen LogP contribution is 2.17. The van der Waals surface area contributed by atoms with Crippen LogP contribution in [0, 0.1) is 0 Å². The minimum atomic E-state index is -0.250. The third-order valence-corrected chi connectivity index (χ3v) is 4.42. The number of aromatic nitrogens is 1. The van der Waals surface area contributed by atoms with E-state index in [9.17, 15) is 9.59 Å². The van der Waals surface area contributed by atoms with Crippen molar-refractivity contribution in [3.8, 4) is 5.75 Å². The van der Waals surface area contributed by atoms with Crippen LogP contribution in [0.3, 0.4) is 0 Å². The van der Waals surface area contributed by atoms with Gasteiger partial charge in [0.15, 0.2) is 0 Å². The number of benzene rings is 2. The molecule has 3 aromatic rings. The number of methoxy groups -OCH3 is 1. The van der Waals surface area contributed by atoms with Crippen molar-refractivity contribution in [3.63, 3.8) is 0 Å². The van der Waals surface area contributed by atoms with E-state index in [4.69, 9.17) is 4.74 Å². The number of para-hydroxylation sites is 1. The van der Waals surface area contributed by atoms with Crippen molar-refractivity contribution >= 4 is 17.5 Å². The number of nitrogens with zero attached hydrogens (tertiary/aromatic N) is 1. The zero-order chi connectivity index (χ0) is 20.5. The Morgan fingerprint density at radius 2 is 1.76 bits per heavy atom. The van der Waals surface area contributed by atoms with E-state index in [-0.39, 0.29) is 11.8 Å². The Hall–Kier alpha value is -3.67. The Morgan fingerprint density at radius 1 is 0.966 bits per heavy atom. The molecule has 2 amide bonds. The third kappa shape index (κ3) is 5.90. The van der Waals surface area contributed by atoms with Crippen LogP contribution in [-0.4, -0.2) is 23.9 Å². The fourth-order valence-electron chi connectivity index (χ4n) is 2.83. The van der Waals surface area contributed by atoms with E-state index in [1.165, 1.54) is 0 Å². The van der Waals surface area contributed by atoms with Crippen LogP contribution in [-0.2, 0) is 17.8 Å². The Labute approximate surface area is 169 Å². The number of ether oxygens (including phenoxy) is 1. The molecule has 0 aliphatic carbocycles. The van der Waals surface area contributed by atoms with Gasteiger partial charge in [0.1, 0.15) is 5.75 Å². The van der Waals surface area contributed by atoms with Crippen LogP contribution in [0.5, 0.6) is 5.75 Å². The van der Waals surface area contributed by atoms with E-state index < -0.39 is 0 Å². The van der Waals surface area contributed by atoms with Gasteiger partial charge in [-0.15, -0.1) is 0 Å². The zero-order valence-corrected chi connectivity index (χ0v) is 16.2. The highest BCUT2D eigenvalue weighted by atomic mass is 16.5. The Balaban J connectivity index is 1.57. The van der Waals surface area contributed by atoms with E-state index in [1.54, 1.807) is 43.8 Å². The molecule has 1 heterocycles. The van der Waals surface area contributed by atoms with Gasteiger partial charge in [0.05, 0.1) is 18.4 Å². The Morgan fingerprint density at radius 3 is 2.48 bits per heavy atom. The number of hydrogen-bond donors (Lipinski definition) is 2. The molecule has 0 unspecified atom stereocenters. The Bertz CT molecular complexity index is 957. The lowest BCUT2D eigenvalue weighted by Crippen LogP contribution is -2.25. The standard InChI is InChI=1S/C23H23N3O3/c1-29-19-11-8-17(9-12-19)10-13-22(27)26-21-7-3-2-6-20(21)23(28)25-16-18-5-4-14-24-15-18/h2-9,11-12,14-15H,10,13,16H2,1H3,(H,25,28)(H,26,27). The summed E-state index contributed by atoms with van der Waals surface area (Å²) in [5.41, 5.74) is 2.87. The topological polar surface area (TPSA) is 80.3 Å². The smallest absolute Gasteiger partial charge is 0.253 e. The molecule has 0 saturated carbocycles. The van der Waals surface area contributed by atoms with Crippen molar-refractivity contribution in [2.45, 2.75) is 19.4 Å². The maximum absolute atomic E-state index is 12.6. The predicted octanol–water partition coefficient (Wildman–Crippen LogP) is 3.59. The number of aryl methyl sites for hydroxylation is 1. The molecule has 6 nitrogen and oxygen atoms in total. The van der Waals surface area contributed by atoms with Gasteiger partial charge in [0.2, 0.25) is 5.91 Å². The van der Waals surface area contributed by atoms with Crippen molar-refractivity contribution in [1.29, 1.82) is 0 Å². The van der Waals surface area contributed by atoms with Gasteiger partial charge in [-0.2, -0.15) is 0 Å². The van der Waals surface area contributed by atoms with Crippen LogP contribution >= 0.6 is 0 Å². The van der Waals surface area contributed by atoms with Gasteiger partial charge >= 0.3 is 0 Å². The molecule has 0 spiro atoms. The number of rotatable bonds is 8. The fraction of sp³-hybridized carbons (Fsp3) is 0.174. The molecular weight excluding hydrogens is 366 g/mol. The summed E-state index contributed by atoms with van der Waals surface area (Å²) >= 11 is 0. The van der Waals surface area contributed by atoms with Crippen LogP contribution < -0.4 is 15.4 Å². The third-order valence-electron chi connectivity index (χ3n) is 4.42. The molecule has 29 heavy (non-hydrogen) atoms. The maximum Gasteiger partial charge on any atom is 0.253 e. The van der Waals surface area contributed by atoms with Crippen molar-refractivity contribution in [2.75, 3.05) is 12.4 Å². The summed E-state index contributed by atoms with van der Waals surface area (Å²) in [7, 11) is 1.62. The highest BCUT2D eigenvalue weighted by Gasteiger charge is 2.13. The molecule has 0 radical (unpaired) electrons. The molecule has 0 bridgehead atoms. The van der Waals surface area contributed by atoms with Crippen LogP contribution in [0.1, 0.15) is 27.9 Å². The molecule has 1 aromatic heterocycles. The predicted molar refractivity (Wildman–Crippen MR) is 112 cm³/mol. The molecule has 0 aliphatic rings. The molecule has 0 aliphatic heterocycles. The van der Waals surface area contributed by atoms with Gasteiger partial charge in [-0.1, -0.05) is 30.3 Å². The quantitative estimate of drug-likeness (QED) is 0.617. The number of carbonyl (C=O) groups excluding carboxylic acids is 2. The average molecular weight is 389 g/mol. The molecule has 3 rings (SSSR count). The summed E-state index contributed by atoms with van der Waals surface area (Å²) in [6.45, 7) is 0.367. The SMILES string of the molecule is COc1ccc(CCC(=O)Nc2ccccc2C(=O)NCc2cccnc2)cc1. The Kier molecular flexibility index (Phi) is 6.95. The van der Waals surface area contributed by atoms with Crippen LogP contribution in [0.25, 0.3) is 0 Å². The first-order chi connectivity index (χ1) is 14.2. The fourth-order valence-corrected chi connectivity index (χ4v) is 2.83. The minimum Gasteiger partial charge on any atom is -0.497 e. The zero-order valence-electron chi connectivity index (χ0n) is 16.2. The second-order valence-electron chi connectivity index (χ2n) is 6.49. The lowest BCUT2D eigenvalue weighted by molar-refractivity contribution is -0.116. The monoisotopic (exact) mass is 389 g/mol. The first-order valence-electron chi connectivity index (χ1n) is 9.34. The number of anilines is 1. The van der Waals surface area contributed by atoms with Crippen LogP contribution in [0.4, 0.5) is 5.69 Å². The van der Waals surface area contributed by atoms with Crippen molar-refractivity contribution in [1.82, 2.24) is 10.3 Å². The van der Waals surface area contributed by atoms with Crippen molar-refractivity contribution in [2.24, 2.45) is 0 Å². The van der Waals surface area contributed by atoms with Gasteiger partial charge in [0, 0.05) is 25.4 Å². The molecule has 0 atom stereocenters.